The van der Waals surface area contributed by atoms with Crippen LogP contribution in [0.3, 0.4) is 0 Å². The average Bonchev–Trinajstić information content (AvgIpc) is 3.03. The van der Waals surface area contributed by atoms with Gasteiger partial charge in [0.2, 0.25) is 15.9 Å². The molecule has 0 radical (unpaired) electrons. The molecule has 0 bridgehead atoms. The highest BCUT2D eigenvalue weighted by Crippen LogP contribution is 2.30. The van der Waals surface area contributed by atoms with E-state index < -0.39 is 33.9 Å². The highest BCUT2D eigenvalue weighted by molar-refractivity contribution is 7.89. The van der Waals surface area contributed by atoms with Crippen molar-refractivity contribution in [1.29, 1.82) is 0 Å². The van der Waals surface area contributed by atoms with Gasteiger partial charge in [0.15, 0.2) is 0 Å². The Morgan fingerprint density at radius 3 is 2.24 bits per heavy atom. The van der Waals surface area contributed by atoms with E-state index in [1.807, 2.05) is 20.8 Å². The van der Waals surface area contributed by atoms with E-state index in [1.54, 1.807) is 23.8 Å². The third-order valence-electron chi connectivity index (χ3n) is 9.59. The molecule has 3 aliphatic rings. The van der Waals surface area contributed by atoms with Crippen LogP contribution < -0.4 is 16.0 Å². The Balaban J connectivity index is 1.89. The normalized spacial score (nSPS) is 27.1. The zero-order valence-corrected chi connectivity index (χ0v) is 32.6. The Morgan fingerprint density at radius 1 is 1.04 bits per heavy atom. The topological polar surface area (TPSA) is 156 Å². The van der Waals surface area contributed by atoms with Gasteiger partial charge in [0.1, 0.15) is 11.8 Å². The number of nitrogens with one attached hydrogen (secondary N) is 3. The summed E-state index contributed by atoms with van der Waals surface area (Å²) in [6.45, 7) is 21.9. The minimum Gasteiger partial charge on any atom is -0.444 e. The van der Waals surface area contributed by atoms with Crippen LogP contribution in [-0.2, 0) is 24.3 Å². The molecule has 0 aromatic heterocycles. The van der Waals surface area contributed by atoms with E-state index in [9.17, 15) is 23.1 Å². The molecule has 49 heavy (non-hydrogen) atoms. The molecule has 3 aliphatic heterocycles. The molecule has 3 saturated heterocycles. The largest absolute Gasteiger partial charge is 0.444 e. The van der Waals surface area contributed by atoms with Crippen LogP contribution >= 0.6 is 0 Å². The van der Waals surface area contributed by atoms with Gasteiger partial charge in [0, 0.05) is 78.0 Å². The lowest BCUT2D eigenvalue weighted by atomic mass is 9.87. The third-order valence-corrected chi connectivity index (χ3v) is 11.5. The number of likely N-dealkylation sites (tertiary alicyclic amines) is 1. The number of carbonyl (C=O) groups excluding carboxylic acids is 2. The first-order valence-corrected chi connectivity index (χ1v) is 19.8. The van der Waals surface area contributed by atoms with Crippen LogP contribution in [0, 0.1) is 23.2 Å². The number of piperazine rings is 1. The zero-order chi connectivity index (χ0) is 36.7. The summed E-state index contributed by atoms with van der Waals surface area (Å²) in [5.74, 6) is -0.638. The van der Waals surface area contributed by atoms with Crippen LogP contribution in [0.25, 0.3) is 0 Å². The Morgan fingerprint density at radius 2 is 1.69 bits per heavy atom. The molecular formula is C34H67N7O7S. The number of rotatable bonds is 13. The Kier molecular flexibility index (Phi) is 15.2. The number of aliphatic hydroxyl groups excluding tert-OH is 1. The van der Waals surface area contributed by atoms with Gasteiger partial charge in [-0.25, -0.2) is 13.2 Å². The molecule has 0 spiro atoms. The molecule has 0 aliphatic carbocycles. The van der Waals surface area contributed by atoms with Gasteiger partial charge in [-0.2, -0.15) is 4.31 Å². The van der Waals surface area contributed by atoms with Crippen molar-refractivity contribution >= 4 is 22.0 Å². The van der Waals surface area contributed by atoms with Gasteiger partial charge in [-0.15, -0.1) is 0 Å². The maximum atomic E-state index is 14.1. The SMILES string of the molecule is CCS(=O)(=O)N1CCN(C(=O)[C@@H]2C[C@H](N(CC(C)C)C(O)C3CN[C@@H](C(C)(C)C)NC3NCCCOC)CN(C(=O)OC(C)(C)C)C2)CC1. The molecule has 15 heteroatoms. The predicted molar refractivity (Wildman–Crippen MR) is 191 cm³/mol. The summed E-state index contributed by atoms with van der Waals surface area (Å²) in [5.41, 5.74) is -0.774. The number of nitrogens with zero attached hydrogens (tertiary/aromatic N) is 4. The molecule has 3 heterocycles. The molecule has 4 N–H and O–H groups in total. The van der Waals surface area contributed by atoms with Crippen molar-refractivity contribution < 1.29 is 32.6 Å². The summed E-state index contributed by atoms with van der Waals surface area (Å²) in [7, 11) is -1.65. The molecule has 14 nitrogen and oxygen atoms in total. The minimum atomic E-state index is -3.34. The number of ether oxygens (including phenoxy) is 2. The van der Waals surface area contributed by atoms with Crippen LogP contribution in [0.2, 0.25) is 0 Å². The molecule has 0 aromatic rings. The Hall–Kier alpha value is -1.59. The molecule has 3 rings (SSSR count). The van der Waals surface area contributed by atoms with Crippen LogP contribution in [0.4, 0.5) is 4.79 Å². The van der Waals surface area contributed by atoms with Gasteiger partial charge in [0.25, 0.3) is 0 Å². The van der Waals surface area contributed by atoms with Gasteiger partial charge in [-0.1, -0.05) is 34.6 Å². The zero-order valence-electron chi connectivity index (χ0n) is 31.8. The highest BCUT2D eigenvalue weighted by Gasteiger charge is 2.45. The minimum absolute atomic E-state index is 0.0243. The van der Waals surface area contributed by atoms with Gasteiger partial charge in [-0.05, 0) is 58.4 Å². The number of aliphatic hydroxyl groups is 1. The van der Waals surface area contributed by atoms with Gasteiger partial charge in [0.05, 0.1) is 24.0 Å². The fourth-order valence-corrected chi connectivity index (χ4v) is 8.07. The standard InChI is InChI=1S/C34H67N7O7S/c1-11-49(45,46)40-16-14-38(15-17-40)29(42)25-19-26(23-39(22-25)32(44)48-34(7,8)9)41(21-24(2)3)30(43)27-20-36-31(33(4,5)6)37-28(27)35-13-12-18-47-10/h24-28,30-31,35-37,43H,11-23H2,1-10H3/t25-,26+,27?,28?,30?,31-/m1/s1. The van der Waals surface area contributed by atoms with Crippen LogP contribution in [0.5, 0.6) is 0 Å². The molecule has 6 atom stereocenters. The predicted octanol–water partition coefficient (Wildman–Crippen LogP) is 1.52. The number of carbonyl (C=O) groups is 2. The van der Waals surface area contributed by atoms with Crippen LogP contribution in [-0.4, -0.2) is 153 Å². The van der Waals surface area contributed by atoms with Gasteiger partial charge < -0.3 is 35.0 Å². The summed E-state index contributed by atoms with van der Waals surface area (Å²) in [5, 5.41) is 23.3. The Bertz CT molecular complexity index is 1170. The lowest BCUT2D eigenvalue weighted by Gasteiger charge is -2.50. The van der Waals surface area contributed by atoms with E-state index in [4.69, 9.17) is 9.47 Å². The number of methoxy groups -OCH3 is 1. The highest BCUT2D eigenvalue weighted by atomic mass is 32.2. The van der Waals surface area contributed by atoms with Crippen molar-refractivity contribution in [3.05, 3.63) is 0 Å². The number of amides is 2. The van der Waals surface area contributed by atoms with E-state index in [0.29, 0.717) is 45.8 Å². The summed E-state index contributed by atoms with van der Waals surface area (Å²) < 4.78 is 37.4. The van der Waals surface area contributed by atoms with Crippen LogP contribution in [0.15, 0.2) is 0 Å². The maximum Gasteiger partial charge on any atom is 0.410 e. The molecule has 0 saturated carbocycles. The van der Waals surface area contributed by atoms with E-state index in [2.05, 4.69) is 55.5 Å². The van der Waals surface area contributed by atoms with E-state index in [-0.39, 0.29) is 66.9 Å². The van der Waals surface area contributed by atoms with Crippen molar-refractivity contribution in [2.24, 2.45) is 23.2 Å². The second-order valence-corrected chi connectivity index (χ2v) is 18.7. The monoisotopic (exact) mass is 717 g/mol. The van der Waals surface area contributed by atoms with Crippen molar-refractivity contribution in [3.8, 4) is 0 Å². The smallest absolute Gasteiger partial charge is 0.410 e. The molecule has 286 valence electrons. The third kappa shape index (κ3) is 12.0. The second-order valence-electron chi connectivity index (χ2n) is 16.4. The molecule has 3 unspecified atom stereocenters. The molecule has 3 fully saturated rings. The first kappa shape index (κ1) is 41.8. The van der Waals surface area contributed by atoms with Gasteiger partial charge >= 0.3 is 6.09 Å². The second kappa shape index (κ2) is 17.8. The number of hydrogen-bond acceptors (Lipinski definition) is 11. The Labute approximate surface area is 296 Å². The van der Waals surface area contributed by atoms with E-state index in [0.717, 1.165) is 13.0 Å². The van der Waals surface area contributed by atoms with Gasteiger partial charge in [-0.3, -0.25) is 15.0 Å². The summed E-state index contributed by atoms with van der Waals surface area (Å²) in [6, 6.07) is -0.316. The summed E-state index contributed by atoms with van der Waals surface area (Å²) in [6.07, 6.45) is -0.243. The number of sulfonamides is 1. The van der Waals surface area contributed by atoms with E-state index in [1.165, 1.54) is 4.31 Å². The maximum absolute atomic E-state index is 14.1. The lowest BCUT2D eigenvalue weighted by molar-refractivity contribution is -0.143. The van der Waals surface area contributed by atoms with Crippen molar-refractivity contribution in [2.75, 3.05) is 78.4 Å². The molecule has 2 amide bonds. The van der Waals surface area contributed by atoms with Crippen molar-refractivity contribution in [2.45, 2.75) is 105 Å². The van der Waals surface area contributed by atoms with Crippen LogP contribution in [0.1, 0.15) is 75.2 Å². The lowest BCUT2D eigenvalue weighted by Crippen LogP contribution is -2.71. The average molecular weight is 718 g/mol. The quantitative estimate of drug-likeness (QED) is 0.162. The first-order valence-electron chi connectivity index (χ1n) is 18.2. The first-order chi connectivity index (χ1) is 22.8. The van der Waals surface area contributed by atoms with Crippen molar-refractivity contribution in [1.82, 2.24) is 35.0 Å². The fourth-order valence-electron chi connectivity index (χ4n) is 6.99. The van der Waals surface area contributed by atoms with Crippen molar-refractivity contribution in [3.63, 3.8) is 0 Å². The summed E-state index contributed by atoms with van der Waals surface area (Å²) >= 11 is 0. The fraction of sp³-hybridized carbons (Fsp3) is 0.941. The molecule has 0 aromatic carbocycles. The van der Waals surface area contributed by atoms with E-state index >= 15 is 0 Å². The number of hydrogen-bond donors (Lipinski definition) is 4. The molecular weight excluding hydrogens is 650 g/mol. The number of piperidine rings is 1. The summed E-state index contributed by atoms with van der Waals surface area (Å²) in [4.78, 5) is 33.1.